The van der Waals surface area contributed by atoms with Crippen molar-refractivity contribution < 1.29 is 52.8 Å². The van der Waals surface area contributed by atoms with E-state index < -0.39 is 51.2 Å². The fourth-order valence-electron chi connectivity index (χ4n) is 12.8. The highest BCUT2D eigenvalue weighted by atomic mass is 32.2. The van der Waals surface area contributed by atoms with Crippen LogP contribution in [-0.2, 0) is 39.3 Å². The zero-order valence-corrected chi connectivity index (χ0v) is 59.3. The van der Waals surface area contributed by atoms with Crippen molar-refractivity contribution in [1.29, 1.82) is 0 Å². The van der Waals surface area contributed by atoms with Crippen LogP contribution >= 0.6 is 0 Å². The molecule has 4 aliphatic rings. The summed E-state index contributed by atoms with van der Waals surface area (Å²) in [7, 11) is -13.8. The lowest BCUT2D eigenvalue weighted by atomic mass is 9.91. The summed E-state index contributed by atoms with van der Waals surface area (Å²) in [6.45, 7) is 0. The molecule has 4 aromatic carbocycles. The van der Waals surface area contributed by atoms with Crippen LogP contribution in [0.25, 0.3) is 0 Å². The van der Waals surface area contributed by atoms with E-state index in [4.69, 9.17) is 0 Å². The second-order valence-electron chi connectivity index (χ2n) is 26.0. The Bertz CT molecular complexity index is 3890. The molecule has 100 heavy (non-hydrogen) atoms. The van der Waals surface area contributed by atoms with Crippen molar-refractivity contribution in [2.24, 2.45) is 23.7 Å². The average molecular weight is 1430 g/mol. The third kappa shape index (κ3) is 23.7. The van der Waals surface area contributed by atoms with Crippen molar-refractivity contribution in [3.05, 3.63) is 217 Å². The summed E-state index contributed by atoms with van der Waals surface area (Å²) in [6, 6.07) is 47.8. The van der Waals surface area contributed by atoms with Crippen LogP contribution < -0.4 is 21.3 Å². The Kier molecular flexibility index (Phi) is 27.9. The van der Waals surface area contributed by atoms with Gasteiger partial charge in [0, 0.05) is 53.1 Å². The van der Waals surface area contributed by atoms with Gasteiger partial charge in [0.25, 0.3) is 23.6 Å². The van der Waals surface area contributed by atoms with E-state index >= 15 is 0 Å². The maximum atomic E-state index is 12.7. The quantitative estimate of drug-likeness (QED) is 0.0551. The number of anilines is 4. The number of sulfone groups is 4. The van der Waals surface area contributed by atoms with E-state index in [1.807, 2.05) is 72.8 Å². The highest BCUT2D eigenvalue weighted by Gasteiger charge is 2.29. The molecule has 0 saturated heterocycles. The number of rotatable bonds is 20. The number of hydrogen-bond donors (Lipinski definition) is 4. The van der Waals surface area contributed by atoms with Gasteiger partial charge in [0.2, 0.25) is 0 Å². The first-order valence-electron chi connectivity index (χ1n) is 34.4. The van der Waals surface area contributed by atoms with Gasteiger partial charge in [0.1, 0.15) is 11.4 Å². The number of carbonyl (C=O) groups excluding carboxylic acids is 4. The number of benzene rings is 4. The first-order valence-corrected chi connectivity index (χ1v) is 41.0. The first kappa shape index (κ1) is 75.4. The molecule has 0 radical (unpaired) electrons. The SMILES string of the molecule is O=C(Nc1ccccc1)c1cc(S(=O)(=O)CC2CCCCC2)ccn1.O=C(Nc1ccccc1)c1cccc(S(=O)(=O)CC2CCCCC2)n1.O=C(Nc1ccccc1)c1ccnc(S(=O)(=O)CC2CCCCC2)c1.O=C(Nc1ccccc1)c1cncc(S(=O)(=O)CC2CCCCC2)c1. The van der Waals surface area contributed by atoms with E-state index in [1.54, 1.807) is 54.6 Å². The molecule has 12 rings (SSSR count). The minimum Gasteiger partial charge on any atom is -0.322 e. The zero-order valence-electron chi connectivity index (χ0n) is 56.1. The summed E-state index contributed by atoms with van der Waals surface area (Å²) in [5.41, 5.74) is 3.35. The largest absolute Gasteiger partial charge is 0.322 e. The summed E-state index contributed by atoms with van der Waals surface area (Å²) in [4.78, 5) is 65.7. The lowest BCUT2D eigenvalue weighted by molar-refractivity contribution is 0.101. The maximum absolute atomic E-state index is 12.7. The summed E-state index contributed by atoms with van der Waals surface area (Å²) in [5.74, 6) is -0.209. The maximum Gasteiger partial charge on any atom is 0.274 e. The van der Waals surface area contributed by atoms with E-state index in [2.05, 4.69) is 41.2 Å². The second-order valence-corrected chi connectivity index (χ2v) is 34.0. The van der Waals surface area contributed by atoms with Gasteiger partial charge in [-0.15, -0.1) is 0 Å². The van der Waals surface area contributed by atoms with Crippen molar-refractivity contribution >= 4 is 85.7 Å². The normalized spacial score (nSPS) is 15.7. The monoisotopic (exact) mass is 1430 g/mol. The molecule has 4 saturated carbocycles. The number of nitrogens with zero attached hydrogens (tertiary/aromatic N) is 4. The first-order chi connectivity index (χ1) is 48.2. The van der Waals surface area contributed by atoms with Gasteiger partial charge in [-0.05, 0) is 166 Å². The molecule has 4 fully saturated rings. The minimum absolute atomic E-state index is 0.0150. The van der Waals surface area contributed by atoms with Crippen molar-refractivity contribution in [3.63, 3.8) is 0 Å². The summed E-state index contributed by atoms with van der Waals surface area (Å²) < 4.78 is 101. The topological polar surface area (TPSA) is 305 Å². The highest BCUT2D eigenvalue weighted by Crippen LogP contribution is 2.31. The molecule has 4 heterocycles. The van der Waals surface area contributed by atoms with Crippen LogP contribution in [0.2, 0.25) is 0 Å². The molecule has 528 valence electrons. The lowest BCUT2D eigenvalue weighted by Gasteiger charge is -2.21. The Labute approximate surface area is 588 Å². The number of pyridine rings is 4. The van der Waals surface area contributed by atoms with E-state index in [0.717, 1.165) is 103 Å². The van der Waals surface area contributed by atoms with Gasteiger partial charge in [-0.3, -0.25) is 29.1 Å². The standard InChI is InChI=1S/4C19H22N2O3S/c22-19(20-16-10-5-2-6-11-16)17-12-7-13-18(21-17)25(23,24)14-15-8-3-1-4-9-15;22-19(21-17-9-5-2-6-10-17)16-11-18(13-20-12-16)25(23,24)14-15-7-3-1-4-8-15;22-19(21-17-9-5-2-6-10-17)16-11-12-20-18(13-16)25(23,24)14-15-7-3-1-4-8-15;22-19(21-16-9-5-2-6-10-16)18-13-17(11-12-20-18)25(23,24)14-15-7-3-1-4-8-15/h2,5-7,10-13,15H,1,3-4,8-9,14H2,(H,20,22);3*2,5-6,9-13,15H,1,3-4,7-8,14H2,(H,21,22). The van der Waals surface area contributed by atoms with E-state index in [1.165, 1.54) is 92.9 Å². The van der Waals surface area contributed by atoms with Gasteiger partial charge in [-0.2, -0.15) is 0 Å². The predicted octanol–water partition coefficient (Wildman–Crippen LogP) is 14.8. The summed E-state index contributed by atoms with van der Waals surface area (Å²) in [6.07, 6.45) is 26.6. The zero-order chi connectivity index (χ0) is 70.8. The number of nitrogens with one attached hydrogen (secondary N) is 4. The lowest BCUT2D eigenvalue weighted by Crippen LogP contribution is -2.21. The number of amides is 4. The summed E-state index contributed by atoms with van der Waals surface area (Å²) >= 11 is 0. The molecule has 4 aliphatic carbocycles. The average Bonchev–Trinajstić information content (AvgIpc) is 0.837. The van der Waals surface area contributed by atoms with Gasteiger partial charge >= 0.3 is 0 Å². The van der Waals surface area contributed by atoms with Gasteiger partial charge in [0.05, 0.1) is 38.4 Å². The predicted molar refractivity (Wildman–Crippen MR) is 389 cm³/mol. The molecule has 0 bridgehead atoms. The third-order valence-electron chi connectivity index (χ3n) is 18.1. The fourth-order valence-corrected chi connectivity index (χ4v) is 19.5. The Hall–Kier alpha value is -8.84. The molecule has 24 heteroatoms. The third-order valence-corrected chi connectivity index (χ3v) is 25.4. The highest BCUT2D eigenvalue weighted by molar-refractivity contribution is 7.92. The number of hydrogen-bond acceptors (Lipinski definition) is 16. The molecule has 0 atom stereocenters. The Morgan fingerprint density at radius 3 is 1.13 bits per heavy atom. The number of carbonyl (C=O) groups is 4. The minimum atomic E-state index is -3.48. The van der Waals surface area contributed by atoms with Gasteiger partial charge in [-0.1, -0.05) is 156 Å². The Balaban J connectivity index is 0.000000156. The van der Waals surface area contributed by atoms with Gasteiger partial charge < -0.3 is 21.3 Å². The number of aromatic nitrogens is 4. The second kappa shape index (κ2) is 37.0. The molecule has 8 aromatic rings. The molecule has 4 N–H and O–H groups in total. The molecule has 4 amide bonds. The Morgan fingerprint density at radius 1 is 0.320 bits per heavy atom. The van der Waals surface area contributed by atoms with E-state index in [9.17, 15) is 52.8 Å². The molecular formula is C76H88N8O12S4. The van der Waals surface area contributed by atoms with E-state index in [-0.39, 0.29) is 95.3 Å². The van der Waals surface area contributed by atoms with Crippen molar-refractivity contribution in [1.82, 2.24) is 19.9 Å². The number of para-hydroxylation sites is 4. The van der Waals surface area contributed by atoms with Crippen LogP contribution in [0.4, 0.5) is 22.7 Å². The van der Waals surface area contributed by atoms with Gasteiger partial charge in [0.15, 0.2) is 49.4 Å². The molecule has 0 unspecified atom stereocenters. The molecule has 0 aliphatic heterocycles. The van der Waals surface area contributed by atoms with Crippen LogP contribution in [0.5, 0.6) is 0 Å². The van der Waals surface area contributed by atoms with Crippen LogP contribution in [0, 0.1) is 23.7 Å². The van der Waals surface area contributed by atoms with Gasteiger partial charge in [-0.25, -0.2) is 43.6 Å². The van der Waals surface area contributed by atoms with Crippen LogP contribution in [0.1, 0.15) is 170 Å². The van der Waals surface area contributed by atoms with Crippen LogP contribution in [0.3, 0.4) is 0 Å². The molecular weight excluding hydrogens is 1350 g/mol. The molecule has 0 spiro atoms. The van der Waals surface area contributed by atoms with Crippen molar-refractivity contribution in [3.8, 4) is 0 Å². The smallest absolute Gasteiger partial charge is 0.274 e. The Morgan fingerprint density at radius 2 is 0.690 bits per heavy atom. The van der Waals surface area contributed by atoms with Crippen LogP contribution in [0.15, 0.2) is 214 Å². The summed E-state index contributed by atoms with van der Waals surface area (Å²) in [5, 5.41) is 10.9. The van der Waals surface area contributed by atoms with Crippen molar-refractivity contribution in [2.45, 2.75) is 148 Å². The molecule has 20 nitrogen and oxygen atoms in total. The fraction of sp³-hybridized carbons (Fsp3) is 0.368. The molecule has 4 aromatic heterocycles. The van der Waals surface area contributed by atoms with E-state index in [0.29, 0.717) is 28.3 Å². The van der Waals surface area contributed by atoms with Crippen LogP contribution in [-0.4, -0.2) is 100 Å². The van der Waals surface area contributed by atoms with Crippen molar-refractivity contribution in [2.75, 3.05) is 44.3 Å².